The van der Waals surface area contributed by atoms with E-state index < -0.39 is 0 Å². The second-order valence-electron chi connectivity index (χ2n) is 4.42. The first-order chi connectivity index (χ1) is 10.1. The number of aryl methyl sites for hydroxylation is 1. The number of aliphatic hydroxyl groups is 1. The average molecular weight is 364 g/mol. The first-order valence-electron chi connectivity index (χ1n) is 6.31. The van der Waals surface area contributed by atoms with Gasteiger partial charge in [0.25, 0.3) is 5.91 Å². The highest BCUT2D eigenvalue weighted by Gasteiger charge is 2.08. The molecule has 21 heavy (non-hydrogen) atoms. The molecule has 1 heterocycles. The summed E-state index contributed by atoms with van der Waals surface area (Å²) >= 11 is 5.03. The van der Waals surface area contributed by atoms with Crippen molar-refractivity contribution in [2.45, 2.75) is 13.5 Å². The molecular formula is C16H14BrNO2S. The number of benzene rings is 1. The van der Waals surface area contributed by atoms with E-state index in [1.165, 1.54) is 0 Å². The minimum Gasteiger partial charge on any atom is -0.384 e. The van der Waals surface area contributed by atoms with Crippen LogP contribution < -0.4 is 5.32 Å². The third-order valence-corrected chi connectivity index (χ3v) is 4.68. The molecule has 0 unspecified atom stereocenters. The monoisotopic (exact) mass is 363 g/mol. The Hall–Kier alpha value is -1.61. The fourth-order valence-corrected chi connectivity index (χ4v) is 3.27. The average Bonchev–Trinajstić information content (AvgIpc) is 2.87. The van der Waals surface area contributed by atoms with Gasteiger partial charge in [-0.2, -0.15) is 0 Å². The van der Waals surface area contributed by atoms with Crippen LogP contribution in [-0.4, -0.2) is 17.6 Å². The van der Waals surface area contributed by atoms with Gasteiger partial charge in [-0.15, -0.1) is 11.3 Å². The Labute approximate surface area is 136 Å². The van der Waals surface area contributed by atoms with Crippen molar-refractivity contribution < 1.29 is 9.90 Å². The van der Waals surface area contributed by atoms with E-state index >= 15 is 0 Å². The lowest BCUT2D eigenvalue weighted by Crippen LogP contribution is -2.22. The van der Waals surface area contributed by atoms with Gasteiger partial charge in [0.05, 0.1) is 6.54 Å². The molecule has 0 saturated heterocycles. The molecule has 2 N–H and O–H groups in total. The molecule has 0 aliphatic rings. The summed E-state index contributed by atoms with van der Waals surface area (Å²) in [5, 5.41) is 13.6. The fraction of sp³-hybridized carbons (Fsp3) is 0.188. The second kappa shape index (κ2) is 7.41. The van der Waals surface area contributed by atoms with Crippen LogP contribution in [0.25, 0.3) is 0 Å². The number of rotatable bonds is 3. The Balaban J connectivity index is 2.11. The van der Waals surface area contributed by atoms with Crippen molar-refractivity contribution in [3.63, 3.8) is 0 Å². The number of thiophene rings is 1. The number of halogens is 1. The molecule has 108 valence electrons. The van der Waals surface area contributed by atoms with Crippen LogP contribution in [0.5, 0.6) is 0 Å². The zero-order valence-electron chi connectivity index (χ0n) is 11.4. The van der Waals surface area contributed by atoms with Gasteiger partial charge in [-0.05, 0) is 58.1 Å². The van der Waals surface area contributed by atoms with Crippen molar-refractivity contribution in [1.82, 2.24) is 5.32 Å². The van der Waals surface area contributed by atoms with E-state index in [0.717, 1.165) is 20.5 Å². The molecule has 0 fully saturated rings. The normalized spacial score (nSPS) is 9.86. The third kappa shape index (κ3) is 4.43. The van der Waals surface area contributed by atoms with Gasteiger partial charge in [0.15, 0.2) is 0 Å². The highest BCUT2D eigenvalue weighted by molar-refractivity contribution is 9.10. The van der Waals surface area contributed by atoms with Gasteiger partial charge in [-0.25, -0.2) is 0 Å². The SMILES string of the molecule is Cc1cc(C#CCO)cc(C(=O)NCc2sccc2Br)c1. The number of hydrogen-bond acceptors (Lipinski definition) is 3. The van der Waals surface area contributed by atoms with E-state index in [4.69, 9.17) is 5.11 Å². The van der Waals surface area contributed by atoms with Crippen LogP contribution in [0, 0.1) is 18.8 Å². The molecule has 0 radical (unpaired) electrons. The van der Waals surface area contributed by atoms with E-state index in [2.05, 4.69) is 33.1 Å². The van der Waals surface area contributed by atoms with Crippen molar-refractivity contribution in [3.8, 4) is 11.8 Å². The molecule has 0 aliphatic carbocycles. The largest absolute Gasteiger partial charge is 0.384 e. The maximum absolute atomic E-state index is 12.2. The van der Waals surface area contributed by atoms with E-state index in [-0.39, 0.29) is 12.5 Å². The topological polar surface area (TPSA) is 49.3 Å². The molecule has 1 amide bonds. The van der Waals surface area contributed by atoms with Gasteiger partial charge in [0.2, 0.25) is 0 Å². The lowest BCUT2D eigenvalue weighted by atomic mass is 10.1. The standard InChI is InChI=1S/C16H14BrNO2S/c1-11-7-12(3-2-5-19)9-13(8-11)16(20)18-10-15-14(17)4-6-21-15/h4,6-9,19H,5,10H2,1H3,(H,18,20). The van der Waals surface area contributed by atoms with Gasteiger partial charge in [0.1, 0.15) is 6.61 Å². The van der Waals surface area contributed by atoms with Crippen molar-refractivity contribution in [3.05, 3.63) is 55.7 Å². The van der Waals surface area contributed by atoms with Crippen LogP contribution in [0.1, 0.15) is 26.4 Å². The smallest absolute Gasteiger partial charge is 0.251 e. The molecular weight excluding hydrogens is 350 g/mol. The minimum atomic E-state index is -0.193. The van der Waals surface area contributed by atoms with E-state index in [1.807, 2.05) is 30.5 Å². The fourth-order valence-electron chi connectivity index (χ4n) is 1.84. The summed E-state index contributed by atoms with van der Waals surface area (Å²) in [5.74, 6) is 5.28. The Morgan fingerprint density at radius 1 is 1.43 bits per heavy atom. The molecule has 0 atom stereocenters. The third-order valence-electron chi connectivity index (χ3n) is 2.75. The molecule has 1 aromatic heterocycles. The van der Waals surface area contributed by atoms with Crippen LogP contribution in [0.2, 0.25) is 0 Å². The summed E-state index contributed by atoms with van der Waals surface area (Å²) < 4.78 is 1.01. The number of aliphatic hydroxyl groups excluding tert-OH is 1. The summed E-state index contributed by atoms with van der Waals surface area (Å²) in [6.07, 6.45) is 0. The van der Waals surface area contributed by atoms with E-state index in [1.54, 1.807) is 17.4 Å². The zero-order valence-corrected chi connectivity index (χ0v) is 13.8. The molecule has 2 rings (SSSR count). The number of carbonyl (C=O) groups excluding carboxylic acids is 1. The predicted molar refractivity (Wildman–Crippen MR) is 88.3 cm³/mol. The molecule has 2 aromatic rings. The predicted octanol–water partition coefficient (Wildman–Crippen LogP) is 3.09. The van der Waals surface area contributed by atoms with Crippen molar-refractivity contribution in [2.24, 2.45) is 0 Å². The highest BCUT2D eigenvalue weighted by Crippen LogP contribution is 2.22. The lowest BCUT2D eigenvalue weighted by molar-refractivity contribution is 0.0951. The quantitative estimate of drug-likeness (QED) is 0.823. The Morgan fingerprint density at radius 2 is 2.24 bits per heavy atom. The molecule has 0 saturated carbocycles. The first-order valence-corrected chi connectivity index (χ1v) is 7.99. The number of carbonyl (C=O) groups is 1. The maximum atomic E-state index is 12.2. The van der Waals surface area contributed by atoms with E-state index in [0.29, 0.717) is 12.1 Å². The lowest BCUT2D eigenvalue weighted by Gasteiger charge is -2.06. The molecule has 0 bridgehead atoms. The first kappa shape index (κ1) is 15.8. The Kier molecular flexibility index (Phi) is 5.57. The summed E-state index contributed by atoms with van der Waals surface area (Å²) in [4.78, 5) is 13.3. The van der Waals surface area contributed by atoms with Gasteiger partial charge in [0, 0.05) is 20.5 Å². The summed E-state index contributed by atoms with van der Waals surface area (Å²) in [6, 6.07) is 7.40. The maximum Gasteiger partial charge on any atom is 0.251 e. The number of nitrogens with one attached hydrogen (secondary N) is 1. The van der Waals surface area contributed by atoms with Gasteiger partial charge < -0.3 is 10.4 Å². The number of amides is 1. The second-order valence-corrected chi connectivity index (χ2v) is 6.28. The molecule has 1 aromatic carbocycles. The zero-order chi connectivity index (χ0) is 15.2. The van der Waals surface area contributed by atoms with Crippen molar-refractivity contribution in [1.29, 1.82) is 0 Å². The van der Waals surface area contributed by atoms with Gasteiger partial charge in [-0.3, -0.25) is 4.79 Å². The molecule has 5 heteroatoms. The summed E-state index contributed by atoms with van der Waals surface area (Å²) in [7, 11) is 0. The Morgan fingerprint density at radius 3 is 2.90 bits per heavy atom. The number of hydrogen-bond donors (Lipinski definition) is 2. The van der Waals surface area contributed by atoms with Crippen molar-refractivity contribution in [2.75, 3.05) is 6.61 Å². The van der Waals surface area contributed by atoms with Gasteiger partial charge >= 0.3 is 0 Å². The van der Waals surface area contributed by atoms with Gasteiger partial charge in [-0.1, -0.05) is 11.8 Å². The molecule has 3 nitrogen and oxygen atoms in total. The minimum absolute atomic E-state index is 0.133. The Bertz CT molecular complexity index is 713. The highest BCUT2D eigenvalue weighted by atomic mass is 79.9. The summed E-state index contributed by atoms with van der Waals surface area (Å²) in [6.45, 7) is 2.21. The molecule has 0 spiro atoms. The molecule has 0 aliphatic heterocycles. The summed E-state index contributed by atoms with van der Waals surface area (Å²) in [5.41, 5.74) is 2.26. The van der Waals surface area contributed by atoms with E-state index in [9.17, 15) is 4.79 Å². The van der Waals surface area contributed by atoms with Crippen LogP contribution in [-0.2, 0) is 6.54 Å². The van der Waals surface area contributed by atoms with Crippen LogP contribution in [0.3, 0.4) is 0 Å². The van der Waals surface area contributed by atoms with Crippen molar-refractivity contribution >= 4 is 33.2 Å². The van der Waals surface area contributed by atoms with Crippen LogP contribution in [0.15, 0.2) is 34.1 Å². The van der Waals surface area contributed by atoms with Crippen LogP contribution in [0.4, 0.5) is 0 Å². The van der Waals surface area contributed by atoms with Crippen LogP contribution >= 0.6 is 27.3 Å².